The number of carbonyl (C=O) groups is 1. The molecule has 1 unspecified atom stereocenters. The Morgan fingerprint density at radius 2 is 1.88 bits per heavy atom. The molecule has 17 heavy (non-hydrogen) atoms. The normalized spacial score (nSPS) is 14.8. The van der Waals surface area contributed by atoms with Gasteiger partial charge >= 0.3 is 12.1 Å². The van der Waals surface area contributed by atoms with Crippen molar-refractivity contribution < 1.29 is 23.1 Å². The molecule has 0 bridgehead atoms. The van der Waals surface area contributed by atoms with Crippen molar-refractivity contribution >= 4 is 5.97 Å². The van der Waals surface area contributed by atoms with E-state index in [-0.39, 0.29) is 5.56 Å². The van der Waals surface area contributed by atoms with Crippen molar-refractivity contribution in [3.63, 3.8) is 0 Å². The fraction of sp³-hybridized carbons (Fsp3) is 0.273. The summed E-state index contributed by atoms with van der Waals surface area (Å²) in [5.74, 6) is -1.49. The molecule has 3 nitrogen and oxygen atoms in total. The van der Waals surface area contributed by atoms with Gasteiger partial charge in [0, 0.05) is 0 Å². The van der Waals surface area contributed by atoms with Gasteiger partial charge in [-0.25, -0.2) is 0 Å². The minimum absolute atomic E-state index is 0.192. The van der Waals surface area contributed by atoms with Crippen molar-refractivity contribution in [2.75, 3.05) is 0 Å². The van der Waals surface area contributed by atoms with Gasteiger partial charge < -0.3 is 5.11 Å². The predicted octanol–water partition coefficient (Wildman–Crippen LogP) is 2.57. The summed E-state index contributed by atoms with van der Waals surface area (Å²) in [6, 6.07) is 5.27. The highest BCUT2D eigenvalue weighted by molar-refractivity contribution is 5.84. The van der Waals surface area contributed by atoms with Gasteiger partial charge in [-0.1, -0.05) is 12.1 Å². The minimum Gasteiger partial charge on any atom is -0.480 e. The zero-order valence-electron chi connectivity index (χ0n) is 8.75. The lowest BCUT2D eigenvalue weighted by Gasteiger charge is -2.18. The number of nitriles is 1. The van der Waals surface area contributed by atoms with Gasteiger partial charge in [0.15, 0.2) is 5.41 Å². The summed E-state index contributed by atoms with van der Waals surface area (Å²) >= 11 is 0. The van der Waals surface area contributed by atoms with Gasteiger partial charge in [-0.3, -0.25) is 4.79 Å². The molecule has 0 saturated heterocycles. The average Bonchev–Trinajstić information content (AvgIpc) is 2.26. The molecule has 1 atom stereocenters. The second-order valence-electron chi connectivity index (χ2n) is 3.62. The van der Waals surface area contributed by atoms with Crippen molar-refractivity contribution in [2.45, 2.75) is 18.5 Å². The van der Waals surface area contributed by atoms with Crippen LogP contribution < -0.4 is 0 Å². The van der Waals surface area contributed by atoms with Crippen LogP contribution in [0.25, 0.3) is 0 Å². The summed E-state index contributed by atoms with van der Waals surface area (Å²) in [6.07, 6.45) is -4.56. The Morgan fingerprint density at radius 1 is 1.35 bits per heavy atom. The molecule has 1 rings (SSSR count). The van der Waals surface area contributed by atoms with E-state index in [0.717, 1.165) is 19.1 Å². The summed E-state index contributed by atoms with van der Waals surface area (Å²) in [5.41, 5.74) is -3.15. The first-order valence-electron chi connectivity index (χ1n) is 4.54. The van der Waals surface area contributed by atoms with Crippen LogP contribution in [0.3, 0.4) is 0 Å². The van der Waals surface area contributed by atoms with Crippen molar-refractivity contribution in [1.29, 1.82) is 5.26 Å². The Hall–Kier alpha value is -2.03. The minimum atomic E-state index is -4.56. The van der Waals surface area contributed by atoms with Crippen molar-refractivity contribution in [3.05, 3.63) is 35.4 Å². The van der Waals surface area contributed by atoms with Crippen LogP contribution in [0.1, 0.15) is 18.1 Å². The molecule has 0 saturated carbocycles. The van der Waals surface area contributed by atoms with E-state index in [4.69, 9.17) is 10.4 Å². The first-order valence-corrected chi connectivity index (χ1v) is 4.54. The number of alkyl halides is 3. The zero-order valence-corrected chi connectivity index (χ0v) is 8.75. The molecule has 0 aromatic heterocycles. The first-order chi connectivity index (χ1) is 7.71. The number of rotatable bonds is 2. The van der Waals surface area contributed by atoms with E-state index in [9.17, 15) is 18.0 Å². The summed E-state index contributed by atoms with van der Waals surface area (Å²) in [4.78, 5) is 10.9. The molecule has 0 heterocycles. The molecule has 1 N–H and O–H groups in total. The van der Waals surface area contributed by atoms with Crippen LogP contribution in [0, 0.1) is 11.3 Å². The highest BCUT2D eigenvalue weighted by atomic mass is 19.4. The summed E-state index contributed by atoms with van der Waals surface area (Å²) < 4.78 is 37.3. The van der Waals surface area contributed by atoms with Gasteiger partial charge in [-0.2, -0.15) is 18.4 Å². The summed E-state index contributed by atoms with van der Waals surface area (Å²) in [6.45, 7) is 1.06. The predicted molar refractivity (Wildman–Crippen MR) is 52.0 cm³/mol. The van der Waals surface area contributed by atoms with E-state index >= 15 is 0 Å². The monoisotopic (exact) mass is 243 g/mol. The number of nitrogens with zero attached hydrogens (tertiary/aromatic N) is 1. The van der Waals surface area contributed by atoms with Crippen LogP contribution >= 0.6 is 0 Å². The van der Waals surface area contributed by atoms with Crippen LogP contribution in [0.2, 0.25) is 0 Å². The van der Waals surface area contributed by atoms with Crippen molar-refractivity contribution in [3.8, 4) is 6.07 Å². The van der Waals surface area contributed by atoms with Crippen molar-refractivity contribution in [2.24, 2.45) is 0 Å². The SMILES string of the molecule is CC(C#N)(C(=O)O)c1cccc(C(F)(F)F)c1. The van der Waals surface area contributed by atoms with Crippen LogP contribution in [0.4, 0.5) is 13.2 Å². The molecule has 0 radical (unpaired) electrons. The largest absolute Gasteiger partial charge is 0.480 e. The molecule has 0 amide bonds. The fourth-order valence-corrected chi connectivity index (χ4v) is 1.24. The lowest BCUT2D eigenvalue weighted by atomic mass is 9.83. The Labute approximate surface area is 95.1 Å². The number of hydrogen-bond donors (Lipinski definition) is 1. The highest BCUT2D eigenvalue weighted by Gasteiger charge is 2.38. The van der Waals surface area contributed by atoms with Crippen LogP contribution in [0.15, 0.2) is 24.3 Å². The molecule has 6 heteroatoms. The molecule has 0 aliphatic heterocycles. The lowest BCUT2D eigenvalue weighted by molar-refractivity contribution is -0.141. The second-order valence-corrected chi connectivity index (χ2v) is 3.62. The van der Waals surface area contributed by atoms with Gasteiger partial charge in [0.05, 0.1) is 11.6 Å². The second kappa shape index (κ2) is 4.09. The Kier molecular flexibility index (Phi) is 3.14. The van der Waals surface area contributed by atoms with Gasteiger partial charge in [-0.15, -0.1) is 0 Å². The zero-order chi connectivity index (χ0) is 13.3. The van der Waals surface area contributed by atoms with Gasteiger partial charge in [0.1, 0.15) is 0 Å². The molecular formula is C11H8F3NO2. The maximum Gasteiger partial charge on any atom is 0.416 e. The molecular weight excluding hydrogens is 235 g/mol. The van der Waals surface area contributed by atoms with Crippen LogP contribution in [-0.4, -0.2) is 11.1 Å². The molecule has 0 aliphatic rings. The topological polar surface area (TPSA) is 61.1 Å². The van der Waals surface area contributed by atoms with E-state index in [1.807, 2.05) is 0 Å². The summed E-state index contributed by atoms with van der Waals surface area (Å²) in [5, 5.41) is 17.7. The molecule has 0 aliphatic carbocycles. The van der Waals surface area contributed by atoms with E-state index in [1.54, 1.807) is 0 Å². The summed E-state index contributed by atoms with van der Waals surface area (Å²) in [7, 11) is 0. The maximum atomic E-state index is 12.4. The van der Waals surface area contributed by atoms with Crippen LogP contribution in [0.5, 0.6) is 0 Å². The Morgan fingerprint density at radius 3 is 2.29 bits per heavy atom. The van der Waals surface area contributed by atoms with E-state index < -0.39 is 23.1 Å². The molecule has 0 spiro atoms. The van der Waals surface area contributed by atoms with Crippen LogP contribution in [-0.2, 0) is 16.4 Å². The third-order valence-electron chi connectivity index (χ3n) is 2.42. The fourth-order valence-electron chi connectivity index (χ4n) is 1.24. The number of hydrogen-bond acceptors (Lipinski definition) is 2. The molecule has 90 valence electrons. The molecule has 1 aromatic rings. The number of halogens is 3. The van der Waals surface area contributed by atoms with Gasteiger partial charge in [0.25, 0.3) is 0 Å². The van der Waals surface area contributed by atoms with Gasteiger partial charge in [-0.05, 0) is 24.6 Å². The molecule has 0 fully saturated rings. The lowest BCUT2D eigenvalue weighted by Crippen LogP contribution is -2.30. The highest BCUT2D eigenvalue weighted by Crippen LogP contribution is 2.32. The average molecular weight is 243 g/mol. The van der Waals surface area contributed by atoms with Crippen molar-refractivity contribution in [1.82, 2.24) is 0 Å². The Balaban J connectivity index is 3.35. The Bertz CT molecular complexity index is 490. The maximum absolute atomic E-state index is 12.4. The first kappa shape index (κ1) is 13.0. The van der Waals surface area contributed by atoms with E-state index in [2.05, 4.69) is 0 Å². The molecule has 1 aromatic carbocycles. The van der Waals surface area contributed by atoms with E-state index in [0.29, 0.717) is 6.07 Å². The quantitative estimate of drug-likeness (QED) is 0.868. The third kappa shape index (κ3) is 2.38. The number of carboxylic acid groups (broad SMARTS) is 1. The van der Waals surface area contributed by atoms with Gasteiger partial charge in [0.2, 0.25) is 0 Å². The smallest absolute Gasteiger partial charge is 0.416 e. The standard InChI is InChI=1S/C11H8F3NO2/c1-10(6-15,9(16)17)7-3-2-4-8(5-7)11(12,13)14/h2-5H,1H3,(H,16,17). The number of benzene rings is 1. The third-order valence-corrected chi connectivity index (χ3v) is 2.42. The number of aliphatic carboxylic acids is 1. The number of carboxylic acids is 1. The van der Waals surface area contributed by atoms with E-state index in [1.165, 1.54) is 12.1 Å².